The van der Waals surface area contributed by atoms with Gasteiger partial charge in [-0.1, -0.05) is 57.2 Å². The molecule has 19 heteroatoms. The summed E-state index contributed by atoms with van der Waals surface area (Å²) in [5.74, 6) is -0.790. The van der Waals surface area contributed by atoms with E-state index in [2.05, 4.69) is 12.2 Å². The minimum Gasteiger partial charge on any atom is -0.463 e. The second-order valence-electron chi connectivity index (χ2n) is 14.4. The number of carbonyl (C=O) groups excluding carboxylic acids is 2. The molecule has 0 aromatic heterocycles. The van der Waals surface area contributed by atoms with Crippen LogP contribution in [-0.2, 0) is 72.6 Å². The number of esters is 2. The van der Waals surface area contributed by atoms with E-state index in [1.54, 1.807) is 18.2 Å². The zero-order chi connectivity index (χ0) is 47.4. The third-order valence-corrected chi connectivity index (χ3v) is 9.02. The van der Waals surface area contributed by atoms with Gasteiger partial charge in [-0.3, -0.25) is 4.79 Å². The average Bonchev–Trinajstić information content (AvgIpc) is 3.31. The van der Waals surface area contributed by atoms with Gasteiger partial charge in [-0.05, 0) is 36.8 Å². The van der Waals surface area contributed by atoms with Gasteiger partial charge in [0.25, 0.3) is 0 Å². The van der Waals surface area contributed by atoms with E-state index in [0.717, 1.165) is 25.0 Å². The van der Waals surface area contributed by atoms with Crippen molar-refractivity contribution in [3.63, 3.8) is 0 Å². The predicted molar refractivity (Wildman–Crippen MR) is 239 cm³/mol. The summed E-state index contributed by atoms with van der Waals surface area (Å²) in [6.45, 7) is 11.6. The Bertz CT molecular complexity index is 1460. The molecular weight excluding hydrogens is 876 g/mol. The Morgan fingerprint density at radius 1 is 0.455 bits per heavy atom. The van der Waals surface area contributed by atoms with E-state index in [0.29, 0.717) is 151 Å². The lowest BCUT2D eigenvalue weighted by molar-refractivity contribution is -0.145. The predicted octanol–water partition coefficient (Wildman–Crippen LogP) is 7.08. The first kappa shape index (κ1) is 58.7. The molecule has 1 N–H and O–H groups in total. The Kier molecular flexibility index (Phi) is 37.1. The zero-order valence-corrected chi connectivity index (χ0v) is 38.8. The summed E-state index contributed by atoms with van der Waals surface area (Å²) in [5.41, 5.74) is -0.106. The molecule has 0 unspecified atom stereocenters. The summed E-state index contributed by atoms with van der Waals surface area (Å²) < 4.78 is 110. The number of rotatable bonds is 46. The molecule has 0 saturated heterocycles. The normalized spacial score (nSPS) is 11.6. The van der Waals surface area contributed by atoms with Crippen molar-refractivity contribution in [3.05, 3.63) is 59.7 Å². The van der Waals surface area contributed by atoms with Crippen molar-refractivity contribution in [1.82, 2.24) is 0 Å². The van der Waals surface area contributed by atoms with Crippen LogP contribution >= 0.6 is 0 Å². The van der Waals surface area contributed by atoms with Crippen LogP contribution < -0.4 is 5.32 Å². The first-order valence-corrected chi connectivity index (χ1v) is 23.0. The van der Waals surface area contributed by atoms with Crippen LogP contribution in [-0.4, -0.2) is 171 Å². The number of alkyl halides is 3. The smallest absolute Gasteiger partial charge is 0.416 e. The van der Waals surface area contributed by atoms with Gasteiger partial charge in [-0.25, -0.2) is 4.79 Å². The molecule has 66 heavy (non-hydrogen) atoms. The summed E-state index contributed by atoms with van der Waals surface area (Å²) >= 11 is 0. The molecule has 0 aliphatic rings. The molecule has 0 heterocycles. The fourth-order valence-corrected chi connectivity index (χ4v) is 5.61. The van der Waals surface area contributed by atoms with Crippen LogP contribution in [0.25, 0.3) is 0 Å². The summed E-state index contributed by atoms with van der Waals surface area (Å²) in [6, 6.07) is 11.1. The number of nitrogens with one attached hydrogen (secondary N) is 1. The van der Waals surface area contributed by atoms with Crippen LogP contribution in [0.3, 0.4) is 0 Å². The Morgan fingerprint density at radius 2 is 0.833 bits per heavy atom. The van der Waals surface area contributed by atoms with E-state index in [1.165, 1.54) is 43.9 Å². The molecule has 378 valence electrons. The Balaban J connectivity index is 1.22. The number of halogens is 3. The van der Waals surface area contributed by atoms with E-state index in [-0.39, 0.29) is 37.0 Å². The molecule has 0 atom stereocenters. The van der Waals surface area contributed by atoms with Crippen LogP contribution in [0.2, 0.25) is 0 Å². The van der Waals surface area contributed by atoms with E-state index in [4.69, 9.17) is 61.6 Å². The second-order valence-corrected chi connectivity index (χ2v) is 14.4. The van der Waals surface area contributed by atoms with Gasteiger partial charge in [-0.15, -0.1) is 0 Å². The number of ether oxygens (including phenoxy) is 13. The molecule has 0 bridgehead atoms. The van der Waals surface area contributed by atoms with Gasteiger partial charge in [0, 0.05) is 12.1 Å². The highest BCUT2D eigenvalue weighted by atomic mass is 19.4. The highest BCUT2D eigenvalue weighted by Gasteiger charge is 2.30. The fourth-order valence-electron chi connectivity index (χ4n) is 5.61. The van der Waals surface area contributed by atoms with Crippen molar-refractivity contribution in [2.75, 3.05) is 164 Å². The standard InChI is InChI=1S/C47H74F3NO15/c1-2-3-4-5-6-7-15-45(52)65-38-36-63-34-32-61-30-28-59-26-24-57-22-20-55-18-16-54-17-19-56-21-23-58-25-27-60-29-31-62-33-35-64-37-39-66-46(53)43-13-8-9-14-44(43)51-42-12-10-11-41(40-42)47(48,49)50/h8-14,40,51H,2-7,15-39H2,1H3. The minimum absolute atomic E-state index is 0.00798. The van der Waals surface area contributed by atoms with Gasteiger partial charge in [0.15, 0.2) is 0 Å². The number of unbranched alkanes of at least 4 members (excludes halogenated alkanes) is 5. The van der Waals surface area contributed by atoms with Crippen LogP contribution in [0.15, 0.2) is 48.5 Å². The molecule has 2 aromatic rings. The molecule has 0 aliphatic heterocycles. The summed E-state index contributed by atoms with van der Waals surface area (Å²) in [5, 5.41) is 2.86. The Hall–Kier alpha value is -3.47. The number of hydrogen-bond acceptors (Lipinski definition) is 16. The van der Waals surface area contributed by atoms with Gasteiger partial charge in [0.05, 0.1) is 162 Å². The highest BCUT2D eigenvalue weighted by Crippen LogP contribution is 2.32. The summed E-state index contributed by atoms with van der Waals surface area (Å²) in [7, 11) is 0. The van der Waals surface area contributed by atoms with E-state index in [1.807, 2.05) is 0 Å². The quantitative estimate of drug-likeness (QED) is 0.0528. The van der Waals surface area contributed by atoms with Crippen molar-refractivity contribution < 1.29 is 84.3 Å². The lowest BCUT2D eigenvalue weighted by Crippen LogP contribution is -2.16. The molecule has 0 saturated carbocycles. The fraction of sp³-hybridized carbons (Fsp3) is 0.702. The van der Waals surface area contributed by atoms with Gasteiger partial charge in [0.1, 0.15) is 13.2 Å². The monoisotopic (exact) mass is 950 g/mol. The van der Waals surface area contributed by atoms with Gasteiger partial charge < -0.3 is 66.9 Å². The largest absolute Gasteiger partial charge is 0.463 e. The molecule has 0 spiro atoms. The number of carbonyl (C=O) groups is 2. The third-order valence-electron chi connectivity index (χ3n) is 9.02. The molecule has 0 radical (unpaired) electrons. The maximum atomic E-state index is 13.1. The van der Waals surface area contributed by atoms with Gasteiger partial charge >= 0.3 is 18.1 Å². The third kappa shape index (κ3) is 33.9. The van der Waals surface area contributed by atoms with Crippen LogP contribution in [0.5, 0.6) is 0 Å². The highest BCUT2D eigenvalue weighted by molar-refractivity contribution is 5.96. The molecule has 2 rings (SSSR count). The summed E-state index contributed by atoms with van der Waals surface area (Å²) in [6.07, 6.45) is 2.85. The van der Waals surface area contributed by atoms with Gasteiger partial charge in [0.2, 0.25) is 0 Å². The van der Waals surface area contributed by atoms with E-state index >= 15 is 0 Å². The Labute approximate surface area is 388 Å². The molecule has 0 amide bonds. The number of anilines is 2. The first-order valence-electron chi connectivity index (χ1n) is 23.0. The van der Waals surface area contributed by atoms with E-state index < -0.39 is 17.7 Å². The van der Waals surface area contributed by atoms with Crippen molar-refractivity contribution >= 4 is 23.3 Å². The van der Waals surface area contributed by atoms with Gasteiger partial charge in [-0.2, -0.15) is 13.2 Å². The van der Waals surface area contributed by atoms with Crippen LogP contribution in [0, 0.1) is 0 Å². The lowest BCUT2D eigenvalue weighted by atomic mass is 10.1. The summed E-state index contributed by atoms with van der Waals surface area (Å²) in [4.78, 5) is 24.3. The van der Waals surface area contributed by atoms with Crippen LogP contribution in [0.4, 0.5) is 24.5 Å². The number of para-hydroxylation sites is 1. The lowest BCUT2D eigenvalue weighted by Gasteiger charge is -2.13. The molecule has 2 aromatic carbocycles. The van der Waals surface area contributed by atoms with Crippen molar-refractivity contribution in [2.45, 2.75) is 58.0 Å². The number of hydrogen-bond donors (Lipinski definition) is 1. The minimum atomic E-state index is -4.48. The molecule has 16 nitrogen and oxygen atoms in total. The SMILES string of the molecule is CCCCCCCCC(=O)OCCOCCOCCOCCOCCOCCOCCOCCOCCOCCOCCOCCOC(=O)c1ccccc1Nc1cccc(C(F)(F)F)c1. The van der Waals surface area contributed by atoms with E-state index in [9.17, 15) is 22.8 Å². The topological polar surface area (TPSA) is 166 Å². The van der Waals surface area contributed by atoms with Crippen LogP contribution in [0.1, 0.15) is 67.8 Å². The van der Waals surface area contributed by atoms with Crippen molar-refractivity contribution in [2.24, 2.45) is 0 Å². The first-order chi connectivity index (χ1) is 32.3. The van der Waals surface area contributed by atoms with Crippen molar-refractivity contribution in [3.8, 4) is 0 Å². The number of benzene rings is 2. The maximum Gasteiger partial charge on any atom is 0.416 e. The Morgan fingerprint density at radius 3 is 1.26 bits per heavy atom. The second kappa shape index (κ2) is 41.7. The zero-order valence-electron chi connectivity index (χ0n) is 38.8. The maximum absolute atomic E-state index is 13.1. The molecular formula is C47H74F3NO15. The molecule has 0 fully saturated rings. The van der Waals surface area contributed by atoms with Crippen molar-refractivity contribution in [1.29, 1.82) is 0 Å². The molecule has 0 aliphatic carbocycles. The average molecular weight is 950 g/mol.